The second-order valence-corrected chi connectivity index (χ2v) is 5.46. The summed E-state index contributed by atoms with van der Waals surface area (Å²) in [5.41, 5.74) is 2.47. The third-order valence-electron chi connectivity index (χ3n) is 3.60. The molecule has 22 heavy (non-hydrogen) atoms. The van der Waals surface area contributed by atoms with E-state index in [1.54, 1.807) is 4.90 Å². The highest BCUT2D eigenvalue weighted by molar-refractivity contribution is 5.81. The van der Waals surface area contributed by atoms with Crippen LogP contribution < -0.4 is 0 Å². The van der Waals surface area contributed by atoms with Gasteiger partial charge in [-0.05, 0) is 12.5 Å². The molecule has 0 aromatic heterocycles. The molecule has 1 unspecified atom stereocenters. The van der Waals surface area contributed by atoms with Crippen molar-refractivity contribution in [1.82, 2.24) is 4.90 Å². The number of aryl methyl sites for hydroxylation is 1. The largest absolute Gasteiger partial charge is 0.366 e. The van der Waals surface area contributed by atoms with Crippen molar-refractivity contribution in [2.75, 3.05) is 20.2 Å². The fourth-order valence-corrected chi connectivity index (χ4v) is 2.27. The van der Waals surface area contributed by atoms with Gasteiger partial charge in [0, 0.05) is 20.0 Å². The molecule has 0 spiro atoms. The van der Waals surface area contributed by atoms with Crippen molar-refractivity contribution in [3.8, 4) is 0 Å². The van der Waals surface area contributed by atoms with E-state index in [1.807, 2.05) is 55.6 Å². The van der Waals surface area contributed by atoms with E-state index in [-0.39, 0.29) is 12.0 Å². The maximum atomic E-state index is 11.7. The van der Waals surface area contributed by atoms with Crippen molar-refractivity contribution in [1.29, 1.82) is 0 Å². The normalized spacial score (nSPS) is 17.6. The van der Waals surface area contributed by atoms with E-state index < -0.39 is 0 Å². The molecule has 2 aromatic carbocycles. The summed E-state index contributed by atoms with van der Waals surface area (Å²) in [6.07, 6.45) is 0.371. The van der Waals surface area contributed by atoms with Crippen molar-refractivity contribution < 1.29 is 9.53 Å². The van der Waals surface area contributed by atoms with Gasteiger partial charge in [-0.25, -0.2) is 0 Å². The van der Waals surface area contributed by atoms with Gasteiger partial charge in [-0.2, -0.15) is 0 Å². The molecule has 1 heterocycles. The maximum absolute atomic E-state index is 11.7. The predicted molar refractivity (Wildman–Crippen MR) is 88.7 cm³/mol. The Hall–Kier alpha value is -2.13. The quantitative estimate of drug-likeness (QED) is 0.852. The first kappa shape index (κ1) is 16.2. The molecule has 1 fully saturated rings. The second-order valence-electron chi connectivity index (χ2n) is 5.46. The van der Waals surface area contributed by atoms with Gasteiger partial charge in [-0.15, -0.1) is 0 Å². The summed E-state index contributed by atoms with van der Waals surface area (Å²) in [7, 11) is 1.82. The fraction of sp³-hybridized carbons (Fsp3) is 0.316. The van der Waals surface area contributed by atoms with Gasteiger partial charge in [0.25, 0.3) is 5.91 Å². The topological polar surface area (TPSA) is 29.5 Å². The molecule has 116 valence electrons. The monoisotopic (exact) mass is 297 g/mol. The molecule has 3 nitrogen and oxygen atoms in total. The van der Waals surface area contributed by atoms with Crippen molar-refractivity contribution >= 4 is 5.91 Å². The molecule has 0 aliphatic carbocycles. The summed E-state index contributed by atoms with van der Waals surface area (Å²) in [5.74, 6) is 0.0881. The van der Waals surface area contributed by atoms with Crippen LogP contribution in [0.15, 0.2) is 60.7 Å². The number of morpholine rings is 1. The molecule has 0 N–H and O–H groups in total. The van der Waals surface area contributed by atoms with Gasteiger partial charge in [0.15, 0.2) is 0 Å². The van der Waals surface area contributed by atoms with Gasteiger partial charge < -0.3 is 9.64 Å². The van der Waals surface area contributed by atoms with Gasteiger partial charge in [0.1, 0.15) is 6.10 Å². The number of carbonyl (C=O) groups is 1. The van der Waals surface area contributed by atoms with E-state index in [0.29, 0.717) is 19.6 Å². The Morgan fingerprint density at radius 2 is 1.64 bits per heavy atom. The number of hydrogen-bond acceptors (Lipinski definition) is 2. The molecule has 1 aliphatic rings. The van der Waals surface area contributed by atoms with E-state index in [9.17, 15) is 4.79 Å². The summed E-state index contributed by atoms with van der Waals surface area (Å²) in [4.78, 5) is 13.5. The van der Waals surface area contributed by atoms with E-state index in [4.69, 9.17) is 4.74 Å². The number of likely N-dealkylation sites (N-methyl/N-ethyl adjacent to an activating group) is 1. The van der Waals surface area contributed by atoms with Crippen LogP contribution >= 0.6 is 0 Å². The summed E-state index contributed by atoms with van der Waals surface area (Å²) >= 11 is 0. The van der Waals surface area contributed by atoms with Gasteiger partial charge in [-0.3, -0.25) is 4.79 Å². The summed E-state index contributed by atoms with van der Waals surface area (Å²) < 4.78 is 5.47. The van der Waals surface area contributed by atoms with Crippen molar-refractivity contribution in [2.45, 2.75) is 19.4 Å². The first-order valence-electron chi connectivity index (χ1n) is 7.59. The smallest absolute Gasteiger partial charge is 0.251 e. The maximum Gasteiger partial charge on any atom is 0.251 e. The first-order valence-corrected chi connectivity index (χ1v) is 7.59. The minimum Gasteiger partial charge on any atom is -0.366 e. The fourth-order valence-electron chi connectivity index (χ4n) is 2.27. The van der Waals surface area contributed by atoms with Crippen LogP contribution in [0.3, 0.4) is 0 Å². The molecule has 3 heteroatoms. The molecule has 3 rings (SSSR count). The molecular formula is C19H23NO2. The lowest BCUT2D eigenvalue weighted by Crippen LogP contribution is -2.46. The first-order chi connectivity index (χ1) is 10.7. The highest BCUT2D eigenvalue weighted by atomic mass is 16.5. The summed E-state index contributed by atoms with van der Waals surface area (Å²) in [5, 5.41) is 0. The van der Waals surface area contributed by atoms with Gasteiger partial charge in [-0.1, -0.05) is 66.2 Å². The van der Waals surface area contributed by atoms with Crippen molar-refractivity contribution in [2.24, 2.45) is 0 Å². The molecule has 1 aliphatic heterocycles. The highest BCUT2D eigenvalue weighted by Crippen LogP contribution is 2.11. The lowest BCUT2D eigenvalue weighted by Gasteiger charge is -2.29. The van der Waals surface area contributed by atoms with E-state index >= 15 is 0 Å². The number of carbonyl (C=O) groups excluding carboxylic acids is 1. The summed E-state index contributed by atoms with van der Waals surface area (Å²) in [6, 6.07) is 20.2. The average Bonchev–Trinajstić information content (AvgIpc) is 2.54. The van der Waals surface area contributed by atoms with Crippen LogP contribution in [0.1, 0.15) is 11.1 Å². The van der Waals surface area contributed by atoms with Gasteiger partial charge in [0.2, 0.25) is 0 Å². The number of hydrogen-bond donors (Lipinski definition) is 0. The molecule has 0 radical (unpaired) electrons. The van der Waals surface area contributed by atoms with Gasteiger partial charge >= 0.3 is 0 Å². The Morgan fingerprint density at radius 1 is 1.05 bits per heavy atom. The third-order valence-corrected chi connectivity index (χ3v) is 3.60. The molecule has 1 saturated heterocycles. The van der Waals surface area contributed by atoms with Crippen LogP contribution in [-0.4, -0.2) is 37.1 Å². The summed E-state index contributed by atoms with van der Waals surface area (Å²) in [6.45, 7) is 3.42. The van der Waals surface area contributed by atoms with Crippen LogP contribution in [0.4, 0.5) is 0 Å². The van der Waals surface area contributed by atoms with Crippen LogP contribution in [-0.2, 0) is 16.0 Å². The SMILES string of the molecule is CN1CCOC(Cc2ccccc2)C1=O.Cc1ccccc1. The van der Waals surface area contributed by atoms with Gasteiger partial charge in [0.05, 0.1) is 6.61 Å². The zero-order valence-corrected chi connectivity index (χ0v) is 13.2. The molecule has 0 bridgehead atoms. The molecular weight excluding hydrogens is 274 g/mol. The Bertz CT molecular complexity index is 569. The predicted octanol–water partition coefficient (Wildman–Crippen LogP) is 3.08. The number of ether oxygens (including phenoxy) is 1. The Kier molecular flexibility index (Phi) is 6.16. The zero-order chi connectivity index (χ0) is 15.8. The van der Waals surface area contributed by atoms with Crippen LogP contribution in [0.2, 0.25) is 0 Å². The second kappa shape index (κ2) is 8.35. The number of nitrogens with zero attached hydrogens (tertiary/aromatic N) is 1. The Balaban J connectivity index is 0.000000211. The standard InChI is InChI=1S/C12H15NO2.C7H8/c1-13-7-8-15-11(12(13)14)9-10-5-3-2-4-6-10;1-7-5-3-2-4-6-7/h2-6,11H,7-9H2,1H3;2-6H,1H3. The lowest BCUT2D eigenvalue weighted by atomic mass is 10.1. The molecule has 1 atom stereocenters. The number of benzene rings is 2. The Morgan fingerprint density at radius 3 is 2.18 bits per heavy atom. The van der Waals surface area contributed by atoms with Crippen LogP contribution in [0.5, 0.6) is 0 Å². The van der Waals surface area contributed by atoms with Crippen LogP contribution in [0.25, 0.3) is 0 Å². The number of amides is 1. The van der Waals surface area contributed by atoms with Crippen molar-refractivity contribution in [3.63, 3.8) is 0 Å². The third kappa shape index (κ3) is 5.01. The average molecular weight is 297 g/mol. The Labute approximate surface area is 132 Å². The highest BCUT2D eigenvalue weighted by Gasteiger charge is 2.26. The number of rotatable bonds is 2. The van der Waals surface area contributed by atoms with Crippen molar-refractivity contribution in [3.05, 3.63) is 71.8 Å². The minimum atomic E-state index is -0.300. The van der Waals surface area contributed by atoms with E-state index in [0.717, 1.165) is 5.56 Å². The minimum absolute atomic E-state index is 0.0881. The lowest BCUT2D eigenvalue weighted by molar-refractivity contribution is -0.150. The van der Waals surface area contributed by atoms with Crippen LogP contribution in [0, 0.1) is 6.92 Å². The molecule has 1 amide bonds. The molecule has 0 saturated carbocycles. The zero-order valence-electron chi connectivity index (χ0n) is 13.2. The van der Waals surface area contributed by atoms with E-state index in [1.165, 1.54) is 5.56 Å². The van der Waals surface area contributed by atoms with E-state index in [2.05, 4.69) is 19.1 Å². The molecule has 2 aromatic rings.